The Labute approximate surface area is 92.5 Å². The molecule has 0 fully saturated rings. The quantitative estimate of drug-likeness (QED) is 0.657. The van der Waals surface area contributed by atoms with Crippen LogP contribution in [-0.2, 0) is 4.74 Å². The predicted octanol–water partition coefficient (Wildman–Crippen LogP) is 1.47. The van der Waals surface area contributed by atoms with Gasteiger partial charge in [-0.2, -0.15) is 0 Å². The van der Waals surface area contributed by atoms with E-state index in [0.29, 0.717) is 12.6 Å². The Hall–Kier alpha value is -0.380. The molecule has 3 nitrogen and oxygen atoms in total. The van der Waals surface area contributed by atoms with E-state index >= 15 is 0 Å². The standard InChI is InChI=1S/C12H23NO2/c1-12(8-9-14,10-15-2)13-11-6-4-3-5-7-11/h4,6,11,13-14H,3,5,7-10H2,1-2H3/t11-,12+/m0/s1. The van der Waals surface area contributed by atoms with Crippen molar-refractivity contribution in [2.45, 2.75) is 44.2 Å². The van der Waals surface area contributed by atoms with Gasteiger partial charge in [0.15, 0.2) is 0 Å². The Morgan fingerprint density at radius 3 is 2.93 bits per heavy atom. The van der Waals surface area contributed by atoms with Gasteiger partial charge in [0.1, 0.15) is 0 Å². The van der Waals surface area contributed by atoms with Crippen molar-refractivity contribution in [1.82, 2.24) is 5.32 Å². The molecule has 1 aliphatic carbocycles. The number of aliphatic hydroxyl groups excluding tert-OH is 1. The van der Waals surface area contributed by atoms with Gasteiger partial charge >= 0.3 is 0 Å². The van der Waals surface area contributed by atoms with Crippen LogP contribution in [0.15, 0.2) is 12.2 Å². The van der Waals surface area contributed by atoms with E-state index in [4.69, 9.17) is 9.84 Å². The van der Waals surface area contributed by atoms with E-state index in [1.54, 1.807) is 7.11 Å². The van der Waals surface area contributed by atoms with E-state index in [1.807, 2.05) is 0 Å². The summed E-state index contributed by atoms with van der Waals surface area (Å²) in [4.78, 5) is 0. The van der Waals surface area contributed by atoms with Crippen LogP contribution < -0.4 is 5.32 Å². The third-order valence-corrected chi connectivity index (χ3v) is 2.91. The van der Waals surface area contributed by atoms with E-state index < -0.39 is 0 Å². The fraction of sp³-hybridized carbons (Fsp3) is 0.833. The maximum atomic E-state index is 9.04. The van der Waals surface area contributed by atoms with Gasteiger partial charge in [0.25, 0.3) is 0 Å². The first-order valence-corrected chi connectivity index (χ1v) is 5.74. The Morgan fingerprint density at radius 1 is 1.60 bits per heavy atom. The van der Waals surface area contributed by atoms with Crippen LogP contribution in [0.3, 0.4) is 0 Å². The van der Waals surface area contributed by atoms with Crippen LogP contribution in [0.25, 0.3) is 0 Å². The van der Waals surface area contributed by atoms with Crippen LogP contribution in [-0.4, -0.2) is 37.0 Å². The van der Waals surface area contributed by atoms with Gasteiger partial charge in [-0.1, -0.05) is 12.2 Å². The highest BCUT2D eigenvalue weighted by molar-refractivity contribution is 5.01. The first kappa shape index (κ1) is 12.7. The molecular weight excluding hydrogens is 190 g/mol. The van der Waals surface area contributed by atoms with Crippen LogP contribution >= 0.6 is 0 Å². The van der Waals surface area contributed by atoms with Crippen LogP contribution in [0.2, 0.25) is 0 Å². The summed E-state index contributed by atoms with van der Waals surface area (Å²) in [5, 5.41) is 12.6. The molecule has 15 heavy (non-hydrogen) atoms. The zero-order chi connectivity index (χ0) is 11.1. The van der Waals surface area contributed by atoms with E-state index in [2.05, 4.69) is 24.4 Å². The summed E-state index contributed by atoms with van der Waals surface area (Å²) < 4.78 is 5.20. The molecule has 0 amide bonds. The van der Waals surface area contributed by atoms with Crippen molar-refractivity contribution in [2.75, 3.05) is 20.3 Å². The molecule has 2 atom stereocenters. The molecule has 0 bridgehead atoms. The highest BCUT2D eigenvalue weighted by Gasteiger charge is 2.26. The summed E-state index contributed by atoms with van der Waals surface area (Å²) in [5.41, 5.74) is -0.115. The Morgan fingerprint density at radius 2 is 2.40 bits per heavy atom. The van der Waals surface area contributed by atoms with Crippen LogP contribution in [0.5, 0.6) is 0 Å². The van der Waals surface area contributed by atoms with E-state index in [0.717, 1.165) is 6.42 Å². The van der Waals surface area contributed by atoms with Gasteiger partial charge in [0.05, 0.1) is 6.61 Å². The number of hydrogen-bond donors (Lipinski definition) is 2. The molecular formula is C12H23NO2. The van der Waals surface area contributed by atoms with Crippen molar-refractivity contribution in [2.24, 2.45) is 0 Å². The lowest BCUT2D eigenvalue weighted by atomic mass is 9.94. The maximum Gasteiger partial charge on any atom is 0.0642 e. The van der Waals surface area contributed by atoms with Crippen molar-refractivity contribution < 1.29 is 9.84 Å². The number of rotatable bonds is 6. The largest absolute Gasteiger partial charge is 0.396 e. The number of aliphatic hydroxyl groups is 1. The molecule has 88 valence electrons. The van der Waals surface area contributed by atoms with Crippen molar-refractivity contribution in [3.63, 3.8) is 0 Å². The molecule has 1 rings (SSSR count). The first-order valence-electron chi connectivity index (χ1n) is 5.74. The molecule has 0 heterocycles. The highest BCUT2D eigenvalue weighted by Crippen LogP contribution is 2.16. The molecule has 0 saturated heterocycles. The van der Waals surface area contributed by atoms with Gasteiger partial charge in [-0.05, 0) is 32.6 Å². The smallest absolute Gasteiger partial charge is 0.0642 e. The van der Waals surface area contributed by atoms with Crippen LogP contribution in [0.1, 0.15) is 32.6 Å². The normalized spacial score (nSPS) is 25.1. The van der Waals surface area contributed by atoms with Gasteiger partial charge in [0.2, 0.25) is 0 Å². The van der Waals surface area contributed by atoms with Crippen molar-refractivity contribution >= 4 is 0 Å². The van der Waals surface area contributed by atoms with Gasteiger partial charge in [-0.25, -0.2) is 0 Å². The monoisotopic (exact) mass is 213 g/mol. The molecule has 3 heteroatoms. The zero-order valence-electron chi connectivity index (χ0n) is 9.83. The van der Waals surface area contributed by atoms with Crippen LogP contribution in [0.4, 0.5) is 0 Å². The summed E-state index contributed by atoms with van der Waals surface area (Å²) in [7, 11) is 1.70. The van der Waals surface area contributed by atoms with Gasteiger partial charge in [-0.15, -0.1) is 0 Å². The number of nitrogens with one attached hydrogen (secondary N) is 1. The van der Waals surface area contributed by atoms with Gasteiger partial charge in [-0.3, -0.25) is 0 Å². The maximum absolute atomic E-state index is 9.04. The number of ether oxygens (including phenoxy) is 1. The topological polar surface area (TPSA) is 41.5 Å². The molecule has 0 aromatic carbocycles. The minimum Gasteiger partial charge on any atom is -0.396 e. The Bertz CT molecular complexity index is 198. The SMILES string of the molecule is COC[C@@](C)(CCO)N[C@H]1C=CCCC1. The molecule has 0 aliphatic heterocycles. The van der Waals surface area contributed by atoms with Crippen LogP contribution in [0, 0.1) is 0 Å². The predicted molar refractivity (Wildman–Crippen MR) is 61.9 cm³/mol. The first-order chi connectivity index (χ1) is 7.20. The average molecular weight is 213 g/mol. The fourth-order valence-corrected chi connectivity index (χ4v) is 2.13. The number of methoxy groups -OCH3 is 1. The molecule has 2 N–H and O–H groups in total. The second-order valence-electron chi connectivity index (χ2n) is 4.58. The average Bonchev–Trinajstić information content (AvgIpc) is 2.19. The fourth-order valence-electron chi connectivity index (χ4n) is 2.13. The summed E-state index contributed by atoms with van der Waals surface area (Å²) in [6.07, 6.45) is 8.81. The molecule has 0 aromatic heterocycles. The summed E-state index contributed by atoms with van der Waals surface area (Å²) >= 11 is 0. The second-order valence-corrected chi connectivity index (χ2v) is 4.58. The molecule has 1 aliphatic rings. The van der Waals surface area contributed by atoms with Crippen molar-refractivity contribution in [3.8, 4) is 0 Å². The molecule has 0 saturated carbocycles. The van der Waals surface area contributed by atoms with E-state index in [-0.39, 0.29) is 12.1 Å². The summed E-state index contributed by atoms with van der Waals surface area (Å²) in [6, 6.07) is 0.436. The minimum atomic E-state index is -0.115. The van der Waals surface area contributed by atoms with E-state index in [1.165, 1.54) is 19.3 Å². The Balaban J connectivity index is 2.48. The van der Waals surface area contributed by atoms with E-state index in [9.17, 15) is 0 Å². The Kier molecular flexibility index (Phi) is 5.29. The van der Waals surface area contributed by atoms with Crippen molar-refractivity contribution in [1.29, 1.82) is 0 Å². The van der Waals surface area contributed by atoms with Crippen molar-refractivity contribution in [3.05, 3.63) is 12.2 Å². The van der Waals surface area contributed by atoms with Gasteiger partial charge in [0, 0.05) is 25.3 Å². The van der Waals surface area contributed by atoms with Gasteiger partial charge < -0.3 is 15.2 Å². The third-order valence-electron chi connectivity index (χ3n) is 2.91. The molecule has 0 aromatic rings. The second kappa shape index (κ2) is 6.26. The number of hydrogen-bond acceptors (Lipinski definition) is 3. The molecule has 0 radical (unpaired) electrons. The zero-order valence-corrected chi connectivity index (χ0v) is 9.83. The highest BCUT2D eigenvalue weighted by atomic mass is 16.5. The lowest BCUT2D eigenvalue weighted by molar-refractivity contribution is 0.0923. The third kappa shape index (κ3) is 4.33. The summed E-state index contributed by atoms with van der Waals surface area (Å²) in [5.74, 6) is 0. The lowest BCUT2D eigenvalue weighted by Gasteiger charge is -2.34. The molecule has 0 spiro atoms. The minimum absolute atomic E-state index is 0.115. The lowest BCUT2D eigenvalue weighted by Crippen LogP contribution is -2.51. The number of allylic oxidation sites excluding steroid dienone is 1. The summed E-state index contributed by atoms with van der Waals surface area (Å²) in [6.45, 7) is 2.94. The molecule has 0 unspecified atom stereocenters.